The highest BCUT2D eigenvalue weighted by atomic mass is 31.1. The van der Waals surface area contributed by atoms with Gasteiger partial charge in [-0.1, -0.05) is 66.7 Å². The fraction of sp³-hybridized carbons (Fsp3) is 1.00. The summed E-state index contributed by atoms with van der Waals surface area (Å²) in [5.74, 6) is 0. The molecule has 0 heterocycles. The van der Waals surface area contributed by atoms with Crippen molar-refractivity contribution < 1.29 is 0 Å². The van der Waals surface area contributed by atoms with E-state index in [0.717, 1.165) is 11.3 Å². The van der Waals surface area contributed by atoms with Crippen molar-refractivity contribution in [1.82, 2.24) is 0 Å². The van der Waals surface area contributed by atoms with Crippen LogP contribution in [0.4, 0.5) is 0 Å². The Balaban J connectivity index is 4.60. The summed E-state index contributed by atoms with van der Waals surface area (Å²) in [5, 5.41) is 0. The minimum absolute atomic E-state index is 0.283. The van der Waals surface area contributed by atoms with Crippen molar-refractivity contribution in [3.8, 4) is 0 Å². The molecule has 19 heavy (non-hydrogen) atoms. The van der Waals surface area contributed by atoms with Crippen molar-refractivity contribution in [2.24, 2.45) is 0 Å². The standard InChI is InChI=1S/C18H39P/c1-6-11-14-17(9-4)19(16-13-8-3)18(10-5)15-12-7-2/h17-18H,6-16H2,1-5H3. The summed E-state index contributed by atoms with van der Waals surface area (Å²) in [6.07, 6.45) is 15.9. The number of hydrogen-bond donors (Lipinski definition) is 0. The quantitative estimate of drug-likeness (QED) is 0.314. The predicted octanol–water partition coefficient (Wildman–Crippen LogP) is 7.21. The molecule has 0 amide bonds. The first kappa shape index (κ1) is 19.4. The number of rotatable bonds is 13. The molecule has 0 radical (unpaired) electrons. The van der Waals surface area contributed by atoms with E-state index < -0.39 is 0 Å². The highest BCUT2D eigenvalue weighted by Gasteiger charge is 2.25. The molecule has 0 nitrogen and oxygen atoms in total. The maximum atomic E-state index is 2.44. The molecule has 0 aromatic carbocycles. The van der Waals surface area contributed by atoms with E-state index in [9.17, 15) is 0 Å². The molecular weight excluding hydrogens is 247 g/mol. The number of hydrogen-bond acceptors (Lipinski definition) is 0. The van der Waals surface area contributed by atoms with Gasteiger partial charge in [-0.3, -0.25) is 0 Å². The summed E-state index contributed by atoms with van der Waals surface area (Å²) in [6, 6.07) is 0. The van der Waals surface area contributed by atoms with Crippen LogP contribution in [0.3, 0.4) is 0 Å². The summed E-state index contributed by atoms with van der Waals surface area (Å²) in [4.78, 5) is 0. The Morgan fingerprint density at radius 1 is 0.632 bits per heavy atom. The summed E-state index contributed by atoms with van der Waals surface area (Å²) < 4.78 is 0. The first-order valence-corrected chi connectivity index (χ1v) is 10.7. The molecule has 0 spiro atoms. The molecule has 2 unspecified atom stereocenters. The Bertz CT molecular complexity index is 163. The minimum Gasteiger partial charge on any atom is -0.100 e. The van der Waals surface area contributed by atoms with Gasteiger partial charge in [0.2, 0.25) is 0 Å². The topological polar surface area (TPSA) is 0 Å². The van der Waals surface area contributed by atoms with Crippen LogP contribution < -0.4 is 0 Å². The third-order valence-corrected chi connectivity index (χ3v) is 8.39. The molecule has 0 rings (SSSR count). The van der Waals surface area contributed by atoms with E-state index >= 15 is 0 Å². The van der Waals surface area contributed by atoms with E-state index in [-0.39, 0.29) is 7.92 Å². The second-order valence-electron chi connectivity index (χ2n) is 6.00. The molecule has 0 N–H and O–H groups in total. The van der Waals surface area contributed by atoms with Gasteiger partial charge in [0.05, 0.1) is 0 Å². The smallest absolute Gasteiger partial charge is 0.0209 e. The van der Waals surface area contributed by atoms with Crippen molar-refractivity contribution in [1.29, 1.82) is 0 Å². The molecule has 0 saturated carbocycles. The molecule has 0 bridgehead atoms. The van der Waals surface area contributed by atoms with Crippen molar-refractivity contribution in [3.63, 3.8) is 0 Å². The molecule has 116 valence electrons. The zero-order chi connectivity index (χ0) is 14.5. The fourth-order valence-corrected chi connectivity index (χ4v) is 7.07. The van der Waals surface area contributed by atoms with Crippen LogP contribution in [0, 0.1) is 0 Å². The van der Waals surface area contributed by atoms with Crippen molar-refractivity contribution >= 4 is 7.92 Å². The van der Waals surface area contributed by atoms with Gasteiger partial charge in [0.25, 0.3) is 0 Å². The summed E-state index contributed by atoms with van der Waals surface area (Å²) >= 11 is 0. The van der Waals surface area contributed by atoms with Crippen molar-refractivity contribution in [2.75, 3.05) is 6.16 Å². The van der Waals surface area contributed by atoms with E-state index in [1.165, 1.54) is 64.2 Å². The third-order valence-electron chi connectivity index (χ3n) is 4.43. The molecule has 0 aliphatic rings. The van der Waals surface area contributed by atoms with Crippen LogP contribution in [0.1, 0.15) is 98.8 Å². The average molecular weight is 286 g/mol. The second kappa shape index (κ2) is 13.4. The lowest BCUT2D eigenvalue weighted by Gasteiger charge is -2.34. The first-order valence-electron chi connectivity index (χ1n) is 9.00. The maximum Gasteiger partial charge on any atom is -0.0209 e. The van der Waals surface area contributed by atoms with Gasteiger partial charge in [-0.05, 0) is 49.6 Å². The van der Waals surface area contributed by atoms with Crippen molar-refractivity contribution in [3.05, 3.63) is 0 Å². The van der Waals surface area contributed by atoms with Gasteiger partial charge >= 0.3 is 0 Å². The second-order valence-corrected chi connectivity index (χ2v) is 8.94. The normalized spacial score (nSPS) is 16.3. The van der Waals surface area contributed by atoms with E-state index in [1.54, 1.807) is 6.16 Å². The molecule has 0 saturated heterocycles. The molecule has 2 atom stereocenters. The van der Waals surface area contributed by atoms with Gasteiger partial charge in [0.1, 0.15) is 0 Å². The molecule has 0 fully saturated rings. The van der Waals surface area contributed by atoms with Crippen LogP contribution in [0.25, 0.3) is 0 Å². The van der Waals surface area contributed by atoms with Crippen LogP contribution in [0.15, 0.2) is 0 Å². The summed E-state index contributed by atoms with van der Waals surface area (Å²) in [7, 11) is 0.283. The van der Waals surface area contributed by atoms with Gasteiger partial charge < -0.3 is 0 Å². The minimum atomic E-state index is 0.283. The molecule has 0 aliphatic carbocycles. The van der Waals surface area contributed by atoms with Crippen LogP contribution in [0.2, 0.25) is 0 Å². The fourth-order valence-electron chi connectivity index (χ4n) is 3.09. The van der Waals surface area contributed by atoms with Crippen LogP contribution in [0.5, 0.6) is 0 Å². The maximum absolute atomic E-state index is 2.44. The van der Waals surface area contributed by atoms with Crippen LogP contribution in [-0.4, -0.2) is 17.5 Å². The predicted molar refractivity (Wildman–Crippen MR) is 93.9 cm³/mol. The highest BCUT2D eigenvalue weighted by Crippen LogP contribution is 2.53. The zero-order valence-corrected chi connectivity index (χ0v) is 15.3. The third kappa shape index (κ3) is 8.34. The Hall–Kier alpha value is 0.430. The van der Waals surface area contributed by atoms with Crippen LogP contribution in [-0.2, 0) is 0 Å². The highest BCUT2D eigenvalue weighted by molar-refractivity contribution is 7.59. The lowest BCUT2D eigenvalue weighted by Crippen LogP contribution is -2.17. The van der Waals surface area contributed by atoms with E-state index in [2.05, 4.69) is 34.6 Å². The van der Waals surface area contributed by atoms with Gasteiger partial charge in [-0.2, -0.15) is 0 Å². The molecular formula is C18H39P. The van der Waals surface area contributed by atoms with Gasteiger partial charge in [-0.15, -0.1) is 7.92 Å². The summed E-state index contributed by atoms with van der Waals surface area (Å²) in [5.41, 5.74) is 2.12. The van der Waals surface area contributed by atoms with Crippen molar-refractivity contribution in [2.45, 2.75) is 110 Å². The Morgan fingerprint density at radius 2 is 1.05 bits per heavy atom. The zero-order valence-electron chi connectivity index (χ0n) is 14.4. The summed E-state index contributed by atoms with van der Waals surface area (Å²) in [6.45, 7) is 11.9. The number of unbranched alkanes of at least 4 members (excludes halogenated alkanes) is 3. The molecule has 0 aliphatic heterocycles. The van der Waals surface area contributed by atoms with Gasteiger partial charge in [-0.25, -0.2) is 0 Å². The molecule has 0 aromatic rings. The SMILES string of the molecule is CCCCC(CC)P(CCCC)C(CC)CCCC. The largest absolute Gasteiger partial charge is 0.100 e. The Labute approximate surface area is 124 Å². The molecule has 1 heteroatoms. The monoisotopic (exact) mass is 286 g/mol. The molecule has 0 aromatic heterocycles. The van der Waals surface area contributed by atoms with Gasteiger partial charge in [0, 0.05) is 0 Å². The average Bonchev–Trinajstić information content (AvgIpc) is 2.44. The van der Waals surface area contributed by atoms with E-state index in [1.807, 2.05) is 0 Å². The van der Waals surface area contributed by atoms with E-state index in [0.29, 0.717) is 0 Å². The lowest BCUT2D eigenvalue weighted by molar-refractivity contribution is 0.625. The lowest BCUT2D eigenvalue weighted by atomic mass is 10.1. The Morgan fingerprint density at radius 3 is 1.37 bits per heavy atom. The van der Waals surface area contributed by atoms with Gasteiger partial charge in [0.15, 0.2) is 0 Å². The van der Waals surface area contributed by atoms with E-state index in [4.69, 9.17) is 0 Å². The van der Waals surface area contributed by atoms with Crippen LogP contribution >= 0.6 is 7.92 Å². The Kier molecular flexibility index (Phi) is 13.7. The first-order chi connectivity index (χ1) is 9.24.